The number of aliphatic hydroxyl groups is 1. The molecule has 4 heteroatoms. The maximum atomic E-state index is 12.6. The first-order valence-corrected chi connectivity index (χ1v) is 8.84. The van der Waals surface area contributed by atoms with Crippen molar-refractivity contribution >= 4 is 5.91 Å². The van der Waals surface area contributed by atoms with Gasteiger partial charge in [-0.2, -0.15) is 0 Å². The normalized spacial score (nSPS) is 40.7. The molecule has 3 N–H and O–H groups in total. The summed E-state index contributed by atoms with van der Waals surface area (Å²) in [6, 6.07) is 0.208. The molecule has 4 nitrogen and oxygen atoms in total. The van der Waals surface area contributed by atoms with E-state index in [-0.39, 0.29) is 11.9 Å². The Morgan fingerprint density at radius 2 is 1.90 bits per heavy atom. The number of piperidine rings is 1. The Morgan fingerprint density at radius 1 is 1.14 bits per heavy atom. The summed E-state index contributed by atoms with van der Waals surface area (Å²) >= 11 is 0. The Morgan fingerprint density at radius 3 is 2.71 bits per heavy atom. The fourth-order valence-corrected chi connectivity index (χ4v) is 4.64. The first-order chi connectivity index (χ1) is 10.1. The largest absolute Gasteiger partial charge is 0.389 e. The zero-order chi connectivity index (χ0) is 14.9. The second kappa shape index (κ2) is 6.25. The molecule has 120 valence electrons. The summed E-state index contributed by atoms with van der Waals surface area (Å²) in [6.45, 7) is 1.49. The zero-order valence-electron chi connectivity index (χ0n) is 13.1. The predicted octanol–water partition coefficient (Wildman–Crippen LogP) is 2.05. The SMILES string of the molecule is NC1CCCCC1CC(=O)N1CCC2(O)CCCCC2C1. The van der Waals surface area contributed by atoms with Gasteiger partial charge in [-0.05, 0) is 38.0 Å². The molecule has 3 rings (SSSR count). The third-order valence-electron chi connectivity index (χ3n) is 6.19. The molecule has 0 aromatic carbocycles. The number of amides is 1. The van der Waals surface area contributed by atoms with E-state index in [4.69, 9.17) is 5.73 Å². The maximum Gasteiger partial charge on any atom is 0.222 e. The molecule has 4 atom stereocenters. The molecule has 0 aromatic heterocycles. The van der Waals surface area contributed by atoms with E-state index in [9.17, 15) is 9.90 Å². The number of carbonyl (C=O) groups is 1. The first kappa shape index (κ1) is 15.3. The number of nitrogens with zero attached hydrogens (tertiary/aromatic N) is 1. The van der Waals surface area contributed by atoms with E-state index in [2.05, 4.69) is 0 Å². The van der Waals surface area contributed by atoms with Gasteiger partial charge in [-0.1, -0.05) is 25.7 Å². The molecule has 0 spiro atoms. The van der Waals surface area contributed by atoms with E-state index in [1.165, 1.54) is 19.3 Å². The van der Waals surface area contributed by atoms with Gasteiger partial charge in [-0.15, -0.1) is 0 Å². The number of likely N-dealkylation sites (tertiary alicyclic amines) is 1. The van der Waals surface area contributed by atoms with Gasteiger partial charge in [0, 0.05) is 31.5 Å². The second-order valence-electron chi connectivity index (χ2n) is 7.55. The molecule has 0 radical (unpaired) electrons. The summed E-state index contributed by atoms with van der Waals surface area (Å²) in [5.41, 5.74) is 5.68. The molecule has 1 aliphatic heterocycles. The van der Waals surface area contributed by atoms with E-state index in [0.717, 1.165) is 51.6 Å². The Labute approximate surface area is 128 Å². The number of nitrogens with two attached hydrogens (primary N) is 1. The van der Waals surface area contributed by atoms with Crippen LogP contribution in [0.5, 0.6) is 0 Å². The average Bonchev–Trinajstić information content (AvgIpc) is 2.48. The van der Waals surface area contributed by atoms with Crippen LogP contribution in [0.3, 0.4) is 0 Å². The molecule has 21 heavy (non-hydrogen) atoms. The number of hydrogen-bond acceptors (Lipinski definition) is 3. The highest BCUT2D eigenvalue weighted by molar-refractivity contribution is 5.76. The topological polar surface area (TPSA) is 66.6 Å². The smallest absolute Gasteiger partial charge is 0.222 e. The lowest BCUT2D eigenvalue weighted by molar-refractivity contribution is -0.144. The van der Waals surface area contributed by atoms with Crippen LogP contribution in [0.1, 0.15) is 64.2 Å². The standard InChI is InChI=1S/C17H30N2O2/c18-15-7-2-1-5-13(15)11-16(20)19-10-9-17(21)8-4-3-6-14(17)12-19/h13-15,21H,1-12,18H2. The van der Waals surface area contributed by atoms with E-state index in [1.54, 1.807) is 0 Å². The van der Waals surface area contributed by atoms with Gasteiger partial charge in [-0.3, -0.25) is 4.79 Å². The summed E-state index contributed by atoms with van der Waals surface area (Å²) in [6.07, 6.45) is 10.3. The van der Waals surface area contributed by atoms with E-state index in [0.29, 0.717) is 18.3 Å². The minimum Gasteiger partial charge on any atom is -0.389 e. The van der Waals surface area contributed by atoms with Crippen molar-refractivity contribution in [1.29, 1.82) is 0 Å². The van der Waals surface area contributed by atoms with Crippen LogP contribution in [0.15, 0.2) is 0 Å². The van der Waals surface area contributed by atoms with Gasteiger partial charge >= 0.3 is 0 Å². The van der Waals surface area contributed by atoms with Gasteiger partial charge < -0.3 is 15.7 Å². The Bertz CT molecular complexity index is 387. The number of rotatable bonds is 2. The maximum absolute atomic E-state index is 12.6. The van der Waals surface area contributed by atoms with Crippen LogP contribution in [-0.4, -0.2) is 40.6 Å². The highest BCUT2D eigenvalue weighted by Gasteiger charge is 2.43. The highest BCUT2D eigenvalue weighted by Crippen LogP contribution is 2.40. The molecule has 0 bridgehead atoms. The van der Waals surface area contributed by atoms with Gasteiger partial charge in [0.25, 0.3) is 0 Å². The van der Waals surface area contributed by atoms with Gasteiger partial charge in [0.15, 0.2) is 0 Å². The van der Waals surface area contributed by atoms with Gasteiger partial charge in [0.05, 0.1) is 5.60 Å². The number of fused-ring (bicyclic) bond motifs is 1. The molecule has 2 saturated carbocycles. The molecular weight excluding hydrogens is 264 g/mol. The van der Waals surface area contributed by atoms with Crippen molar-refractivity contribution in [3.63, 3.8) is 0 Å². The molecule has 1 saturated heterocycles. The van der Waals surface area contributed by atoms with Crippen molar-refractivity contribution < 1.29 is 9.90 Å². The Balaban J connectivity index is 1.56. The summed E-state index contributed by atoms with van der Waals surface area (Å²) in [7, 11) is 0. The van der Waals surface area contributed by atoms with Crippen LogP contribution in [-0.2, 0) is 4.79 Å². The molecule has 1 heterocycles. The van der Waals surface area contributed by atoms with Crippen molar-refractivity contribution in [3.05, 3.63) is 0 Å². The summed E-state index contributed by atoms with van der Waals surface area (Å²) in [5, 5.41) is 10.7. The lowest BCUT2D eigenvalue weighted by atomic mass is 9.71. The molecule has 3 aliphatic rings. The monoisotopic (exact) mass is 294 g/mol. The molecule has 0 aromatic rings. The second-order valence-corrected chi connectivity index (χ2v) is 7.55. The van der Waals surface area contributed by atoms with Crippen molar-refractivity contribution in [2.75, 3.05) is 13.1 Å². The average molecular weight is 294 g/mol. The quantitative estimate of drug-likeness (QED) is 0.819. The van der Waals surface area contributed by atoms with E-state index >= 15 is 0 Å². The molecule has 1 amide bonds. The summed E-state index contributed by atoms with van der Waals surface area (Å²) in [5.74, 6) is 0.937. The lowest BCUT2D eigenvalue weighted by Gasteiger charge is -2.47. The minimum absolute atomic E-state index is 0.208. The highest BCUT2D eigenvalue weighted by atomic mass is 16.3. The third-order valence-corrected chi connectivity index (χ3v) is 6.19. The molecular formula is C17H30N2O2. The summed E-state index contributed by atoms with van der Waals surface area (Å²) < 4.78 is 0. The number of hydrogen-bond donors (Lipinski definition) is 2. The van der Waals surface area contributed by atoms with Crippen LogP contribution in [0.25, 0.3) is 0 Å². The first-order valence-electron chi connectivity index (χ1n) is 8.84. The Hall–Kier alpha value is -0.610. The van der Waals surface area contributed by atoms with Crippen LogP contribution < -0.4 is 5.73 Å². The molecule has 3 fully saturated rings. The zero-order valence-corrected chi connectivity index (χ0v) is 13.1. The van der Waals surface area contributed by atoms with Gasteiger partial charge in [0.1, 0.15) is 0 Å². The fraction of sp³-hybridized carbons (Fsp3) is 0.941. The lowest BCUT2D eigenvalue weighted by Crippen LogP contribution is -2.55. The molecule has 4 unspecified atom stereocenters. The van der Waals surface area contributed by atoms with E-state index in [1.807, 2.05) is 4.90 Å². The van der Waals surface area contributed by atoms with Crippen molar-refractivity contribution in [2.45, 2.75) is 75.9 Å². The van der Waals surface area contributed by atoms with Crippen LogP contribution in [0.2, 0.25) is 0 Å². The van der Waals surface area contributed by atoms with Crippen molar-refractivity contribution in [3.8, 4) is 0 Å². The van der Waals surface area contributed by atoms with Crippen LogP contribution >= 0.6 is 0 Å². The van der Waals surface area contributed by atoms with Crippen molar-refractivity contribution in [2.24, 2.45) is 17.6 Å². The van der Waals surface area contributed by atoms with Gasteiger partial charge in [0.2, 0.25) is 5.91 Å². The van der Waals surface area contributed by atoms with Gasteiger partial charge in [-0.25, -0.2) is 0 Å². The predicted molar refractivity (Wildman–Crippen MR) is 82.7 cm³/mol. The molecule has 2 aliphatic carbocycles. The third kappa shape index (κ3) is 3.26. The summed E-state index contributed by atoms with van der Waals surface area (Å²) in [4.78, 5) is 14.6. The minimum atomic E-state index is -0.490. The van der Waals surface area contributed by atoms with E-state index < -0.39 is 5.60 Å². The van der Waals surface area contributed by atoms with Crippen LogP contribution in [0.4, 0.5) is 0 Å². The van der Waals surface area contributed by atoms with Crippen molar-refractivity contribution in [1.82, 2.24) is 4.90 Å². The Kier molecular flexibility index (Phi) is 4.55. The number of carbonyl (C=O) groups excluding carboxylic acids is 1. The fourth-order valence-electron chi connectivity index (χ4n) is 4.64. The van der Waals surface area contributed by atoms with Crippen LogP contribution in [0, 0.1) is 11.8 Å².